The molecule has 2 aromatic carbocycles. The molecule has 7 heteroatoms. The second kappa shape index (κ2) is 7.43. The van der Waals surface area contributed by atoms with Crippen LogP contribution in [0.15, 0.2) is 56.5 Å². The van der Waals surface area contributed by atoms with Gasteiger partial charge >= 0.3 is 5.69 Å². The predicted molar refractivity (Wildman–Crippen MR) is 110 cm³/mol. The van der Waals surface area contributed by atoms with Gasteiger partial charge in [-0.2, -0.15) is 0 Å². The lowest BCUT2D eigenvalue weighted by Crippen LogP contribution is -2.33. The van der Waals surface area contributed by atoms with Crippen molar-refractivity contribution in [2.75, 3.05) is 0 Å². The first-order valence-electron chi connectivity index (χ1n) is 9.41. The molecule has 148 valence electrons. The van der Waals surface area contributed by atoms with Crippen molar-refractivity contribution in [2.24, 2.45) is 0 Å². The summed E-state index contributed by atoms with van der Waals surface area (Å²) in [6.45, 7) is 5.80. The minimum atomic E-state index is -0.575. The van der Waals surface area contributed by atoms with Crippen molar-refractivity contribution in [3.8, 4) is 11.6 Å². The number of para-hydroxylation sites is 2. The minimum absolute atomic E-state index is 0.0391. The number of ether oxygens (including phenoxy) is 1. The first-order chi connectivity index (χ1) is 13.9. The first-order valence-corrected chi connectivity index (χ1v) is 9.41. The molecule has 2 heterocycles. The molecule has 29 heavy (non-hydrogen) atoms. The number of rotatable bonds is 5. The number of aryl methyl sites for hydroxylation is 2. The number of H-pyrrole nitrogens is 1. The molecule has 0 saturated carbocycles. The number of fused-ring (bicyclic) bond motifs is 1. The van der Waals surface area contributed by atoms with Crippen molar-refractivity contribution < 1.29 is 9.15 Å². The highest BCUT2D eigenvalue weighted by molar-refractivity contribution is 5.72. The van der Waals surface area contributed by atoms with Crippen molar-refractivity contribution in [2.45, 2.75) is 33.7 Å². The number of nitrogens with zero attached hydrogens (tertiary/aromatic N) is 2. The van der Waals surface area contributed by atoms with Gasteiger partial charge in [0.1, 0.15) is 17.8 Å². The number of hydrogen-bond donors (Lipinski definition) is 1. The predicted octanol–water partition coefficient (Wildman–Crippen LogP) is 3.70. The molecule has 4 rings (SSSR count). The summed E-state index contributed by atoms with van der Waals surface area (Å²) in [6, 6.07) is 13.1. The van der Waals surface area contributed by atoms with Gasteiger partial charge in [-0.3, -0.25) is 14.3 Å². The number of benzene rings is 2. The fourth-order valence-electron chi connectivity index (χ4n) is 3.39. The van der Waals surface area contributed by atoms with Gasteiger partial charge in [-0.1, -0.05) is 25.1 Å². The Bertz CT molecular complexity index is 1260. The average Bonchev–Trinajstić information content (AvgIpc) is 3.07. The topological polar surface area (TPSA) is 90.1 Å². The molecule has 0 fully saturated rings. The Morgan fingerprint density at radius 2 is 1.83 bits per heavy atom. The van der Waals surface area contributed by atoms with Gasteiger partial charge in [-0.15, -0.1) is 0 Å². The molecule has 0 amide bonds. The van der Waals surface area contributed by atoms with E-state index in [9.17, 15) is 9.59 Å². The third-order valence-corrected chi connectivity index (χ3v) is 4.64. The van der Waals surface area contributed by atoms with E-state index in [0.717, 1.165) is 11.1 Å². The molecule has 0 spiro atoms. The van der Waals surface area contributed by atoms with Crippen molar-refractivity contribution in [1.82, 2.24) is 14.5 Å². The van der Waals surface area contributed by atoms with Gasteiger partial charge in [-0.05, 0) is 55.7 Å². The van der Waals surface area contributed by atoms with Gasteiger partial charge in [-0.25, -0.2) is 9.78 Å². The summed E-state index contributed by atoms with van der Waals surface area (Å²) in [6.07, 6.45) is 0.406. The van der Waals surface area contributed by atoms with E-state index >= 15 is 0 Å². The second-order valence-electron chi connectivity index (χ2n) is 6.98. The molecule has 0 bridgehead atoms. The first kappa shape index (κ1) is 18.7. The zero-order valence-electron chi connectivity index (χ0n) is 16.5. The normalized spacial score (nSPS) is 11.1. The van der Waals surface area contributed by atoms with Crippen LogP contribution in [-0.4, -0.2) is 14.5 Å². The molecule has 4 aromatic rings. The molecule has 0 radical (unpaired) electrons. The second-order valence-corrected chi connectivity index (χ2v) is 6.98. The van der Waals surface area contributed by atoms with Gasteiger partial charge in [0.15, 0.2) is 5.58 Å². The lowest BCUT2D eigenvalue weighted by molar-refractivity contribution is 0.398. The smallest absolute Gasteiger partial charge is 0.331 e. The Labute approximate surface area is 166 Å². The maximum atomic E-state index is 12.6. The molecule has 2 aromatic heterocycles. The highest BCUT2D eigenvalue weighted by atomic mass is 16.5. The van der Waals surface area contributed by atoms with E-state index in [0.29, 0.717) is 34.7 Å². The summed E-state index contributed by atoms with van der Waals surface area (Å²) >= 11 is 0. The van der Waals surface area contributed by atoms with Crippen LogP contribution in [0.4, 0.5) is 0 Å². The summed E-state index contributed by atoms with van der Waals surface area (Å²) in [5, 5.41) is 0. The average molecular weight is 391 g/mol. The summed E-state index contributed by atoms with van der Waals surface area (Å²) in [5.74, 6) is 1.12. The van der Waals surface area contributed by atoms with Gasteiger partial charge in [0.2, 0.25) is 11.8 Å². The molecule has 0 unspecified atom stereocenters. The molecule has 0 atom stereocenters. The molecule has 0 aliphatic rings. The van der Waals surface area contributed by atoms with E-state index in [4.69, 9.17) is 9.15 Å². The maximum absolute atomic E-state index is 12.6. The Morgan fingerprint density at radius 1 is 1.10 bits per heavy atom. The SMILES string of the molecule is CCc1c(Oc2cc(C)cc(C)c2)n(Cc2nc3ccccc3o2)c(=O)[nH]c1=O. The molecule has 1 N–H and O–H groups in total. The van der Waals surface area contributed by atoms with E-state index in [1.807, 2.05) is 63.2 Å². The lowest BCUT2D eigenvalue weighted by Gasteiger charge is -2.15. The third-order valence-electron chi connectivity index (χ3n) is 4.64. The molecular formula is C22H21N3O4. The number of aromatic amines is 1. The Balaban J connectivity index is 1.83. The Kier molecular flexibility index (Phi) is 4.80. The Morgan fingerprint density at radius 3 is 2.52 bits per heavy atom. The van der Waals surface area contributed by atoms with Gasteiger partial charge in [0, 0.05) is 0 Å². The summed E-state index contributed by atoms with van der Waals surface area (Å²) in [4.78, 5) is 31.8. The van der Waals surface area contributed by atoms with E-state index in [1.54, 1.807) is 0 Å². The van der Waals surface area contributed by atoms with Crippen LogP contribution in [0.2, 0.25) is 0 Å². The third kappa shape index (κ3) is 3.71. The summed E-state index contributed by atoms with van der Waals surface area (Å²) in [7, 11) is 0. The fraction of sp³-hybridized carbons (Fsp3) is 0.227. The quantitative estimate of drug-likeness (QED) is 0.560. The van der Waals surface area contributed by atoms with Crippen LogP contribution in [-0.2, 0) is 13.0 Å². The van der Waals surface area contributed by atoms with Crippen LogP contribution in [0, 0.1) is 13.8 Å². The van der Waals surface area contributed by atoms with E-state index in [-0.39, 0.29) is 12.4 Å². The van der Waals surface area contributed by atoms with Crippen LogP contribution in [0.1, 0.15) is 29.5 Å². The van der Waals surface area contributed by atoms with Crippen molar-refractivity contribution in [3.05, 3.63) is 85.9 Å². The lowest BCUT2D eigenvalue weighted by atomic mass is 10.1. The van der Waals surface area contributed by atoms with Gasteiger partial charge in [0.05, 0.1) is 5.56 Å². The highest BCUT2D eigenvalue weighted by Crippen LogP contribution is 2.26. The number of hydrogen-bond acceptors (Lipinski definition) is 5. The zero-order chi connectivity index (χ0) is 20.5. The Hall–Kier alpha value is -3.61. The summed E-state index contributed by atoms with van der Waals surface area (Å²) in [5.41, 5.74) is 2.74. The molecule has 0 aliphatic carbocycles. The van der Waals surface area contributed by atoms with Crippen LogP contribution >= 0.6 is 0 Å². The van der Waals surface area contributed by atoms with Gasteiger partial charge in [0.25, 0.3) is 5.56 Å². The van der Waals surface area contributed by atoms with Gasteiger partial charge < -0.3 is 9.15 Å². The van der Waals surface area contributed by atoms with Crippen molar-refractivity contribution in [3.63, 3.8) is 0 Å². The summed E-state index contributed by atoms with van der Waals surface area (Å²) < 4.78 is 13.2. The molecular weight excluding hydrogens is 370 g/mol. The van der Waals surface area contributed by atoms with E-state index in [1.165, 1.54) is 4.57 Å². The van der Waals surface area contributed by atoms with Crippen LogP contribution in [0.3, 0.4) is 0 Å². The van der Waals surface area contributed by atoms with Crippen LogP contribution in [0.25, 0.3) is 11.1 Å². The molecule has 0 saturated heterocycles. The van der Waals surface area contributed by atoms with Crippen LogP contribution < -0.4 is 16.0 Å². The zero-order valence-corrected chi connectivity index (χ0v) is 16.5. The number of oxazole rings is 1. The maximum Gasteiger partial charge on any atom is 0.331 e. The van der Waals surface area contributed by atoms with E-state index in [2.05, 4.69) is 9.97 Å². The largest absolute Gasteiger partial charge is 0.440 e. The van der Waals surface area contributed by atoms with Crippen molar-refractivity contribution in [1.29, 1.82) is 0 Å². The fourth-order valence-corrected chi connectivity index (χ4v) is 3.39. The number of nitrogens with one attached hydrogen (secondary N) is 1. The van der Waals surface area contributed by atoms with Crippen molar-refractivity contribution >= 4 is 11.1 Å². The standard InChI is InChI=1S/C22H21N3O4/c1-4-16-20(26)24-22(27)25(12-19-23-17-7-5-6-8-18(17)29-19)21(16)28-15-10-13(2)9-14(3)11-15/h5-11H,4,12H2,1-3H3,(H,24,26,27). The van der Waals surface area contributed by atoms with Crippen LogP contribution in [0.5, 0.6) is 11.6 Å². The highest BCUT2D eigenvalue weighted by Gasteiger charge is 2.18. The molecule has 7 nitrogen and oxygen atoms in total. The van der Waals surface area contributed by atoms with E-state index < -0.39 is 11.2 Å². The number of aromatic nitrogens is 3. The minimum Gasteiger partial charge on any atom is -0.440 e. The molecule has 0 aliphatic heterocycles. The monoisotopic (exact) mass is 391 g/mol.